The van der Waals surface area contributed by atoms with Crippen LogP contribution in [0, 0.1) is 0 Å². The molecule has 104 valence electrons. The van der Waals surface area contributed by atoms with Gasteiger partial charge in [-0.15, -0.1) is 0 Å². The Balaban J connectivity index is 1.78. The van der Waals surface area contributed by atoms with E-state index in [1.165, 1.54) is 0 Å². The first kappa shape index (κ1) is 13.7. The molecule has 0 aromatic heterocycles. The standard InChI is InChI=1S/C12H23N3O3/c1-13-11(12(16)17)9-14-3-2-10(8-14)15-4-6-18-7-5-15/h10-11,13H,2-9H2,1H3,(H,16,17). The molecule has 0 saturated carbocycles. The van der Waals surface area contributed by atoms with Gasteiger partial charge in [-0.3, -0.25) is 14.6 Å². The van der Waals surface area contributed by atoms with E-state index in [9.17, 15) is 4.79 Å². The molecule has 2 aliphatic heterocycles. The summed E-state index contributed by atoms with van der Waals surface area (Å²) in [5, 5.41) is 11.9. The highest BCUT2D eigenvalue weighted by Gasteiger charge is 2.30. The van der Waals surface area contributed by atoms with E-state index >= 15 is 0 Å². The third-order valence-corrected chi connectivity index (χ3v) is 3.90. The van der Waals surface area contributed by atoms with Crippen molar-refractivity contribution < 1.29 is 14.6 Å². The molecule has 2 fully saturated rings. The lowest BCUT2D eigenvalue weighted by Crippen LogP contribution is -2.47. The van der Waals surface area contributed by atoms with E-state index in [0.29, 0.717) is 12.6 Å². The van der Waals surface area contributed by atoms with Crippen LogP contribution in [0.15, 0.2) is 0 Å². The van der Waals surface area contributed by atoms with Crippen LogP contribution in [0.3, 0.4) is 0 Å². The number of rotatable bonds is 5. The van der Waals surface area contributed by atoms with Crippen molar-refractivity contribution in [3.05, 3.63) is 0 Å². The topological polar surface area (TPSA) is 65.0 Å². The zero-order chi connectivity index (χ0) is 13.0. The first-order valence-corrected chi connectivity index (χ1v) is 6.65. The van der Waals surface area contributed by atoms with Crippen molar-refractivity contribution in [2.45, 2.75) is 18.5 Å². The van der Waals surface area contributed by atoms with Gasteiger partial charge >= 0.3 is 5.97 Å². The maximum Gasteiger partial charge on any atom is 0.322 e. The molecule has 18 heavy (non-hydrogen) atoms. The number of carboxylic acids is 1. The Hall–Kier alpha value is -0.690. The van der Waals surface area contributed by atoms with E-state index in [4.69, 9.17) is 9.84 Å². The Kier molecular flexibility index (Phi) is 4.94. The number of likely N-dealkylation sites (tertiary alicyclic amines) is 1. The molecule has 0 amide bonds. The summed E-state index contributed by atoms with van der Waals surface area (Å²) in [7, 11) is 1.70. The Bertz CT molecular complexity index is 282. The highest BCUT2D eigenvalue weighted by Crippen LogP contribution is 2.17. The number of nitrogens with zero attached hydrogens (tertiary/aromatic N) is 2. The summed E-state index contributed by atoms with van der Waals surface area (Å²) in [6, 6.07) is 0.105. The van der Waals surface area contributed by atoms with E-state index in [1.54, 1.807) is 7.05 Å². The van der Waals surface area contributed by atoms with Crippen LogP contribution in [-0.4, -0.2) is 85.9 Å². The van der Waals surface area contributed by atoms with Crippen molar-refractivity contribution >= 4 is 5.97 Å². The van der Waals surface area contributed by atoms with Crippen molar-refractivity contribution in [1.82, 2.24) is 15.1 Å². The Labute approximate surface area is 108 Å². The number of nitrogens with one attached hydrogen (secondary N) is 1. The second-order valence-electron chi connectivity index (χ2n) is 5.03. The molecular weight excluding hydrogens is 234 g/mol. The molecule has 2 heterocycles. The predicted molar refractivity (Wildman–Crippen MR) is 67.7 cm³/mol. The lowest BCUT2D eigenvalue weighted by molar-refractivity contribution is -0.139. The molecule has 2 N–H and O–H groups in total. The molecule has 2 rings (SSSR count). The molecule has 0 aromatic rings. The van der Waals surface area contributed by atoms with Gasteiger partial charge < -0.3 is 15.2 Å². The average Bonchev–Trinajstić information content (AvgIpc) is 2.85. The monoisotopic (exact) mass is 257 g/mol. The summed E-state index contributed by atoms with van der Waals surface area (Å²) in [6.07, 6.45) is 1.13. The highest BCUT2D eigenvalue weighted by molar-refractivity contribution is 5.73. The fourth-order valence-corrected chi connectivity index (χ4v) is 2.77. The van der Waals surface area contributed by atoms with Crippen LogP contribution in [-0.2, 0) is 9.53 Å². The highest BCUT2D eigenvalue weighted by atomic mass is 16.5. The molecule has 6 nitrogen and oxygen atoms in total. The van der Waals surface area contributed by atoms with Gasteiger partial charge in [0.25, 0.3) is 0 Å². The van der Waals surface area contributed by atoms with Gasteiger partial charge in [-0.2, -0.15) is 0 Å². The average molecular weight is 257 g/mol. The number of likely N-dealkylation sites (N-methyl/N-ethyl adjacent to an activating group) is 1. The maximum atomic E-state index is 11.0. The van der Waals surface area contributed by atoms with E-state index in [0.717, 1.165) is 45.8 Å². The van der Waals surface area contributed by atoms with Gasteiger partial charge in [0, 0.05) is 32.2 Å². The number of carboxylic acid groups (broad SMARTS) is 1. The summed E-state index contributed by atoms with van der Waals surface area (Å²) in [4.78, 5) is 15.7. The van der Waals surface area contributed by atoms with Crippen molar-refractivity contribution in [1.29, 1.82) is 0 Å². The Morgan fingerprint density at radius 3 is 2.78 bits per heavy atom. The third-order valence-electron chi connectivity index (χ3n) is 3.90. The normalized spacial score (nSPS) is 28.4. The molecule has 0 aliphatic carbocycles. The molecule has 0 radical (unpaired) electrons. The van der Waals surface area contributed by atoms with Crippen LogP contribution < -0.4 is 5.32 Å². The van der Waals surface area contributed by atoms with Gasteiger partial charge in [0.15, 0.2) is 0 Å². The molecule has 2 saturated heterocycles. The van der Waals surface area contributed by atoms with Gasteiger partial charge in [0.1, 0.15) is 6.04 Å². The fourth-order valence-electron chi connectivity index (χ4n) is 2.77. The van der Waals surface area contributed by atoms with E-state index < -0.39 is 12.0 Å². The van der Waals surface area contributed by atoms with Gasteiger partial charge in [0.05, 0.1) is 13.2 Å². The number of ether oxygens (including phenoxy) is 1. The summed E-state index contributed by atoms with van der Waals surface area (Å²) >= 11 is 0. The van der Waals surface area contributed by atoms with Crippen molar-refractivity contribution in [2.24, 2.45) is 0 Å². The number of carbonyl (C=O) groups is 1. The smallest absolute Gasteiger partial charge is 0.322 e. The second kappa shape index (κ2) is 6.47. The predicted octanol–water partition coefficient (Wildman–Crippen LogP) is -0.934. The number of hydrogen-bond acceptors (Lipinski definition) is 5. The zero-order valence-corrected chi connectivity index (χ0v) is 11.0. The molecule has 2 unspecified atom stereocenters. The molecule has 6 heteroatoms. The lowest BCUT2D eigenvalue weighted by atomic mass is 10.2. The number of aliphatic carboxylic acids is 1. The van der Waals surface area contributed by atoms with Crippen molar-refractivity contribution in [2.75, 3.05) is 53.0 Å². The zero-order valence-electron chi connectivity index (χ0n) is 11.0. The van der Waals surface area contributed by atoms with E-state index in [1.807, 2.05) is 0 Å². The minimum absolute atomic E-state index is 0.464. The van der Waals surface area contributed by atoms with Crippen molar-refractivity contribution in [3.63, 3.8) is 0 Å². The summed E-state index contributed by atoms with van der Waals surface area (Å²) in [5.74, 6) is -0.771. The SMILES string of the molecule is CNC(CN1CCC(N2CCOCC2)C1)C(=O)O. The van der Waals surface area contributed by atoms with Gasteiger partial charge in [0.2, 0.25) is 0 Å². The quantitative estimate of drug-likeness (QED) is 0.663. The van der Waals surface area contributed by atoms with Gasteiger partial charge in [-0.05, 0) is 20.0 Å². The van der Waals surface area contributed by atoms with Crippen LogP contribution in [0.2, 0.25) is 0 Å². The first-order chi connectivity index (χ1) is 8.70. The largest absolute Gasteiger partial charge is 0.480 e. The van der Waals surface area contributed by atoms with Crippen LogP contribution in [0.1, 0.15) is 6.42 Å². The maximum absolute atomic E-state index is 11.0. The van der Waals surface area contributed by atoms with Gasteiger partial charge in [-0.25, -0.2) is 0 Å². The summed E-state index contributed by atoms with van der Waals surface area (Å²) < 4.78 is 5.36. The molecule has 0 aromatic carbocycles. The molecule has 0 bridgehead atoms. The second-order valence-corrected chi connectivity index (χ2v) is 5.03. The Morgan fingerprint density at radius 1 is 1.44 bits per heavy atom. The summed E-state index contributed by atoms with van der Waals surface area (Å²) in [6.45, 7) is 6.22. The van der Waals surface area contributed by atoms with Crippen LogP contribution in [0.4, 0.5) is 0 Å². The van der Waals surface area contributed by atoms with Crippen LogP contribution in [0.25, 0.3) is 0 Å². The van der Waals surface area contributed by atoms with E-state index in [2.05, 4.69) is 15.1 Å². The molecule has 0 spiro atoms. The molecule has 2 aliphatic rings. The lowest BCUT2D eigenvalue weighted by Gasteiger charge is -2.32. The van der Waals surface area contributed by atoms with Crippen LogP contribution in [0.5, 0.6) is 0 Å². The first-order valence-electron chi connectivity index (χ1n) is 6.65. The fraction of sp³-hybridized carbons (Fsp3) is 0.917. The van der Waals surface area contributed by atoms with Gasteiger partial charge in [-0.1, -0.05) is 0 Å². The third kappa shape index (κ3) is 3.41. The number of hydrogen-bond donors (Lipinski definition) is 2. The van der Waals surface area contributed by atoms with Crippen molar-refractivity contribution in [3.8, 4) is 0 Å². The van der Waals surface area contributed by atoms with E-state index in [-0.39, 0.29) is 0 Å². The summed E-state index contributed by atoms with van der Waals surface area (Å²) in [5.41, 5.74) is 0. The minimum Gasteiger partial charge on any atom is -0.480 e. The Morgan fingerprint density at radius 2 is 2.17 bits per heavy atom. The molecule has 2 atom stereocenters. The number of morpholine rings is 1. The molecular formula is C12H23N3O3. The van der Waals surface area contributed by atoms with Crippen LogP contribution >= 0.6 is 0 Å². The minimum atomic E-state index is -0.771.